The van der Waals surface area contributed by atoms with E-state index in [-0.39, 0.29) is 17.9 Å². The fraction of sp³-hybridized carbons (Fsp3) is 0.350. The van der Waals surface area contributed by atoms with Crippen LogP contribution in [0.3, 0.4) is 0 Å². The van der Waals surface area contributed by atoms with Gasteiger partial charge in [-0.25, -0.2) is 0 Å². The number of hydrogen-bond acceptors (Lipinski definition) is 3. The van der Waals surface area contributed by atoms with Crippen molar-refractivity contribution in [2.75, 3.05) is 19.6 Å². The molecule has 0 bridgehead atoms. The number of nitrogens with zero attached hydrogens (tertiary/aromatic N) is 1. The van der Waals surface area contributed by atoms with Gasteiger partial charge in [-0.3, -0.25) is 9.69 Å². The average Bonchev–Trinajstić information content (AvgIpc) is 3.14. The molecule has 1 amide bonds. The Kier molecular flexibility index (Phi) is 5.16. The molecule has 0 saturated carbocycles. The second-order valence-corrected chi connectivity index (χ2v) is 6.39. The normalized spacial score (nSPS) is 21.4. The molecule has 1 aromatic carbocycles. The minimum absolute atomic E-state index is 0.00922. The van der Waals surface area contributed by atoms with Crippen molar-refractivity contribution in [2.45, 2.75) is 25.8 Å². The molecule has 2 atom stereocenters. The zero-order chi connectivity index (χ0) is 16.9. The van der Waals surface area contributed by atoms with E-state index in [4.69, 9.17) is 4.42 Å². The van der Waals surface area contributed by atoms with Crippen LogP contribution in [-0.2, 0) is 4.79 Å². The third kappa shape index (κ3) is 4.15. The quantitative estimate of drug-likeness (QED) is 0.918. The van der Waals surface area contributed by atoms with Crippen LogP contribution in [0.15, 0.2) is 53.0 Å². The van der Waals surface area contributed by atoms with Crippen molar-refractivity contribution in [2.24, 2.45) is 0 Å². The molecule has 0 radical (unpaired) electrons. The highest BCUT2D eigenvalue weighted by Crippen LogP contribution is 2.29. The van der Waals surface area contributed by atoms with Crippen molar-refractivity contribution in [3.8, 4) is 0 Å². The van der Waals surface area contributed by atoms with Gasteiger partial charge in [-0.05, 0) is 24.6 Å². The molecule has 126 valence electrons. The van der Waals surface area contributed by atoms with Gasteiger partial charge in [0.2, 0.25) is 5.91 Å². The molecular weight excluding hydrogens is 300 g/mol. The summed E-state index contributed by atoms with van der Waals surface area (Å²) in [7, 11) is 0. The summed E-state index contributed by atoms with van der Waals surface area (Å²) >= 11 is 0. The Hall–Kier alpha value is -2.33. The minimum Gasteiger partial charge on any atom is -0.466 e. The van der Waals surface area contributed by atoms with E-state index < -0.39 is 0 Å². The maximum absolute atomic E-state index is 11.5. The zero-order valence-corrected chi connectivity index (χ0v) is 14.2. The van der Waals surface area contributed by atoms with Crippen molar-refractivity contribution < 1.29 is 9.21 Å². The van der Waals surface area contributed by atoms with Crippen LogP contribution in [0, 0.1) is 6.92 Å². The van der Waals surface area contributed by atoms with Gasteiger partial charge in [0.1, 0.15) is 11.5 Å². The zero-order valence-electron chi connectivity index (χ0n) is 14.2. The van der Waals surface area contributed by atoms with Crippen molar-refractivity contribution in [3.05, 3.63) is 65.6 Å². The van der Waals surface area contributed by atoms with E-state index in [2.05, 4.69) is 34.5 Å². The molecule has 1 saturated heterocycles. The SMILES string of the molecule is CC(=O)N[C@@H]1CN(CC=Cc2ccccc2)C[C@H]1c1ccc(C)o1. The first-order valence-electron chi connectivity index (χ1n) is 8.39. The summed E-state index contributed by atoms with van der Waals surface area (Å²) in [6.45, 7) is 6.11. The van der Waals surface area contributed by atoms with Gasteiger partial charge in [0.25, 0.3) is 0 Å². The fourth-order valence-electron chi connectivity index (χ4n) is 3.28. The van der Waals surface area contributed by atoms with Crippen LogP contribution >= 0.6 is 0 Å². The van der Waals surface area contributed by atoms with Crippen LogP contribution in [0.2, 0.25) is 0 Å². The largest absolute Gasteiger partial charge is 0.466 e. The highest BCUT2D eigenvalue weighted by Gasteiger charge is 2.35. The first-order chi connectivity index (χ1) is 11.6. The van der Waals surface area contributed by atoms with Crippen LogP contribution in [0.25, 0.3) is 6.08 Å². The standard InChI is InChI=1S/C20H24N2O2/c1-15-10-11-20(24-15)18-13-22(14-19(18)21-16(2)23)12-6-9-17-7-4-3-5-8-17/h3-11,18-19H,12-14H2,1-2H3,(H,21,23)/t18-,19-/m1/s1. The van der Waals surface area contributed by atoms with E-state index in [0.29, 0.717) is 0 Å². The number of hydrogen-bond donors (Lipinski definition) is 1. The van der Waals surface area contributed by atoms with Crippen LogP contribution in [0.5, 0.6) is 0 Å². The van der Waals surface area contributed by atoms with Gasteiger partial charge in [0, 0.05) is 26.6 Å². The lowest BCUT2D eigenvalue weighted by Gasteiger charge is -2.17. The van der Waals surface area contributed by atoms with E-state index in [0.717, 1.165) is 31.2 Å². The number of furan rings is 1. The number of nitrogens with one attached hydrogen (secondary N) is 1. The van der Waals surface area contributed by atoms with Gasteiger partial charge in [-0.15, -0.1) is 0 Å². The predicted octanol–water partition coefficient (Wildman–Crippen LogP) is 3.21. The molecule has 0 unspecified atom stereocenters. The molecule has 3 rings (SSSR count). The number of aryl methyl sites for hydroxylation is 1. The molecule has 2 heterocycles. The second-order valence-electron chi connectivity index (χ2n) is 6.39. The molecule has 1 aromatic heterocycles. The van der Waals surface area contributed by atoms with Gasteiger partial charge in [-0.2, -0.15) is 0 Å². The van der Waals surface area contributed by atoms with E-state index in [1.54, 1.807) is 6.92 Å². The average molecular weight is 324 g/mol. The monoisotopic (exact) mass is 324 g/mol. The fourth-order valence-corrected chi connectivity index (χ4v) is 3.28. The summed E-state index contributed by atoms with van der Waals surface area (Å²) in [5.74, 6) is 2.08. The summed E-state index contributed by atoms with van der Waals surface area (Å²) in [4.78, 5) is 13.9. The third-order valence-electron chi connectivity index (χ3n) is 4.38. The lowest BCUT2D eigenvalue weighted by Crippen LogP contribution is -2.38. The number of likely N-dealkylation sites (tertiary alicyclic amines) is 1. The Morgan fingerprint density at radius 3 is 2.71 bits per heavy atom. The maximum Gasteiger partial charge on any atom is 0.217 e. The molecule has 4 nitrogen and oxygen atoms in total. The minimum atomic E-state index is 0.00922. The van der Waals surface area contributed by atoms with E-state index in [1.807, 2.05) is 37.3 Å². The Morgan fingerprint density at radius 1 is 1.25 bits per heavy atom. The van der Waals surface area contributed by atoms with Gasteiger partial charge in [0.15, 0.2) is 0 Å². The van der Waals surface area contributed by atoms with Crippen LogP contribution < -0.4 is 5.32 Å². The van der Waals surface area contributed by atoms with Gasteiger partial charge >= 0.3 is 0 Å². The maximum atomic E-state index is 11.5. The van der Waals surface area contributed by atoms with E-state index in [1.165, 1.54) is 5.56 Å². The number of rotatable bonds is 5. The third-order valence-corrected chi connectivity index (χ3v) is 4.38. The second kappa shape index (κ2) is 7.49. The molecule has 24 heavy (non-hydrogen) atoms. The van der Waals surface area contributed by atoms with Gasteiger partial charge < -0.3 is 9.73 Å². The molecular formula is C20H24N2O2. The topological polar surface area (TPSA) is 45.5 Å². The number of amides is 1. The summed E-state index contributed by atoms with van der Waals surface area (Å²) in [5, 5.41) is 3.07. The summed E-state index contributed by atoms with van der Waals surface area (Å²) in [5.41, 5.74) is 1.20. The highest BCUT2D eigenvalue weighted by atomic mass is 16.3. The Balaban J connectivity index is 1.65. The Labute approximate surface area is 143 Å². The van der Waals surface area contributed by atoms with Crippen molar-refractivity contribution in [3.63, 3.8) is 0 Å². The molecule has 4 heteroatoms. The van der Waals surface area contributed by atoms with E-state index in [9.17, 15) is 4.79 Å². The number of carbonyl (C=O) groups excluding carboxylic acids is 1. The first kappa shape index (κ1) is 16.5. The predicted molar refractivity (Wildman–Crippen MR) is 95.7 cm³/mol. The first-order valence-corrected chi connectivity index (χ1v) is 8.39. The Morgan fingerprint density at radius 2 is 2.04 bits per heavy atom. The molecule has 1 aliphatic heterocycles. The lowest BCUT2D eigenvalue weighted by atomic mass is 10.0. The summed E-state index contributed by atoms with van der Waals surface area (Å²) < 4.78 is 5.81. The van der Waals surface area contributed by atoms with Crippen LogP contribution in [-0.4, -0.2) is 36.5 Å². The molecule has 0 spiro atoms. The highest BCUT2D eigenvalue weighted by molar-refractivity contribution is 5.73. The Bertz CT molecular complexity index is 705. The van der Waals surface area contributed by atoms with E-state index >= 15 is 0 Å². The van der Waals surface area contributed by atoms with Crippen molar-refractivity contribution >= 4 is 12.0 Å². The molecule has 1 aliphatic rings. The molecule has 1 fully saturated rings. The summed E-state index contributed by atoms with van der Waals surface area (Å²) in [6.07, 6.45) is 4.31. The van der Waals surface area contributed by atoms with Crippen molar-refractivity contribution in [1.82, 2.24) is 10.2 Å². The number of carbonyl (C=O) groups is 1. The van der Waals surface area contributed by atoms with Gasteiger partial charge in [0.05, 0.1) is 12.0 Å². The van der Waals surface area contributed by atoms with Gasteiger partial charge in [-0.1, -0.05) is 42.5 Å². The summed E-state index contributed by atoms with van der Waals surface area (Å²) in [6, 6.07) is 14.4. The van der Waals surface area contributed by atoms with Crippen molar-refractivity contribution in [1.29, 1.82) is 0 Å². The molecule has 1 N–H and O–H groups in total. The smallest absolute Gasteiger partial charge is 0.217 e. The van der Waals surface area contributed by atoms with Crippen LogP contribution in [0.4, 0.5) is 0 Å². The molecule has 0 aliphatic carbocycles. The molecule has 2 aromatic rings. The van der Waals surface area contributed by atoms with Crippen LogP contribution in [0.1, 0.15) is 29.9 Å². The number of benzene rings is 1. The lowest BCUT2D eigenvalue weighted by molar-refractivity contribution is -0.119.